The molecular formula is C16H26N2O. The van der Waals surface area contributed by atoms with E-state index in [4.69, 9.17) is 4.74 Å². The van der Waals surface area contributed by atoms with Crippen LogP contribution in [-0.4, -0.2) is 33.4 Å². The first-order valence-electron chi connectivity index (χ1n) is 7.29. The summed E-state index contributed by atoms with van der Waals surface area (Å²) in [5, 5.41) is 3.58. The lowest BCUT2D eigenvalue weighted by molar-refractivity contribution is 0.0156. The Labute approximate surface area is 116 Å². The Morgan fingerprint density at radius 3 is 2.58 bits per heavy atom. The summed E-state index contributed by atoms with van der Waals surface area (Å²) >= 11 is 0. The SMILES string of the molecule is CC(NCC1CCCCO1)c1ccc(N(C)C)cc1. The summed E-state index contributed by atoms with van der Waals surface area (Å²) in [7, 11) is 4.13. The lowest BCUT2D eigenvalue weighted by Gasteiger charge is -2.25. The van der Waals surface area contributed by atoms with E-state index < -0.39 is 0 Å². The third kappa shape index (κ3) is 4.22. The van der Waals surface area contributed by atoms with Gasteiger partial charge in [0.25, 0.3) is 0 Å². The summed E-state index contributed by atoms with van der Waals surface area (Å²) in [5.41, 5.74) is 2.58. The highest BCUT2D eigenvalue weighted by Crippen LogP contribution is 2.18. The predicted octanol–water partition coefficient (Wildman–Crippen LogP) is 2.97. The van der Waals surface area contributed by atoms with Gasteiger partial charge in [-0.3, -0.25) is 0 Å². The van der Waals surface area contributed by atoms with Crippen LogP contribution in [-0.2, 0) is 4.74 Å². The van der Waals surface area contributed by atoms with Gasteiger partial charge in [-0.25, -0.2) is 0 Å². The number of hydrogen-bond acceptors (Lipinski definition) is 3. The number of anilines is 1. The molecule has 1 aliphatic rings. The molecule has 0 aromatic heterocycles. The van der Waals surface area contributed by atoms with Crippen molar-refractivity contribution in [2.24, 2.45) is 0 Å². The van der Waals surface area contributed by atoms with Crippen LogP contribution in [0.2, 0.25) is 0 Å². The van der Waals surface area contributed by atoms with E-state index in [0.29, 0.717) is 12.1 Å². The quantitative estimate of drug-likeness (QED) is 0.883. The second-order valence-corrected chi connectivity index (χ2v) is 5.60. The number of nitrogens with zero attached hydrogens (tertiary/aromatic N) is 1. The molecule has 0 aliphatic carbocycles. The Morgan fingerprint density at radius 1 is 1.26 bits per heavy atom. The van der Waals surface area contributed by atoms with Crippen LogP contribution in [0, 0.1) is 0 Å². The van der Waals surface area contributed by atoms with Crippen LogP contribution in [0.5, 0.6) is 0 Å². The first-order valence-corrected chi connectivity index (χ1v) is 7.29. The van der Waals surface area contributed by atoms with Crippen molar-refractivity contribution in [1.82, 2.24) is 5.32 Å². The molecule has 0 amide bonds. The lowest BCUT2D eigenvalue weighted by Crippen LogP contribution is -2.33. The lowest BCUT2D eigenvalue weighted by atomic mass is 10.1. The standard InChI is InChI=1S/C16H26N2O/c1-13(17-12-16-6-4-5-11-19-16)14-7-9-15(10-8-14)18(2)3/h7-10,13,16-17H,4-6,11-12H2,1-3H3. The summed E-state index contributed by atoms with van der Waals surface area (Å²) in [6, 6.07) is 9.13. The Morgan fingerprint density at radius 2 is 2.00 bits per heavy atom. The van der Waals surface area contributed by atoms with Gasteiger partial charge in [0.15, 0.2) is 0 Å². The van der Waals surface area contributed by atoms with E-state index in [1.807, 2.05) is 0 Å². The first kappa shape index (κ1) is 14.4. The molecule has 2 atom stereocenters. The van der Waals surface area contributed by atoms with E-state index in [2.05, 4.69) is 55.5 Å². The van der Waals surface area contributed by atoms with E-state index in [9.17, 15) is 0 Å². The highest BCUT2D eigenvalue weighted by Gasteiger charge is 2.15. The zero-order chi connectivity index (χ0) is 13.7. The average Bonchev–Trinajstić information content (AvgIpc) is 2.46. The minimum Gasteiger partial charge on any atom is -0.378 e. The van der Waals surface area contributed by atoms with Gasteiger partial charge in [0, 0.05) is 39.0 Å². The highest BCUT2D eigenvalue weighted by atomic mass is 16.5. The average molecular weight is 262 g/mol. The fourth-order valence-electron chi connectivity index (χ4n) is 2.46. The van der Waals surface area contributed by atoms with Gasteiger partial charge in [0.1, 0.15) is 0 Å². The second kappa shape index (κ2) is 6.92. The van der Waals surface area contributed by atoms with Gasteiger partial charge >= 0.3 is 0 Å². The predicted molar refractivity (Wildman–Crippen MR) is 80.8 cm³/mol. The summed E-state index contributed by atoms with van der Waals surface area (Å²) < 4.78 is 5.75. The zero-order valence-corrected chi connectivity index (χ0v) is 12.4. The van der Waals surface area contributed by atoms with Gasteiger partial charge in [0.05, 0.1) is 6.10 Å². The molecule has 0 radical (unpaired) electrons. The van der Waals surface area contributed by atoms with Crippen LogP contribution in [0.15, 0.2) is 24.3 Å². The summed E-state index contributed by atoms with van der Waals surface area (Å²) in [5.74, 6) is 0. The fraction of sp³-hybridized carbons (Fsp3) is 0.625. The van der Waals surface area contributed by atoms with Crippen LogP contribution >= 0.6 is 0 Å². The molecule has 1 aromatic carbocycles. The molecule has 0 saturated carbocycles. The monoisotopic (exact) mass is 262 g/mol. The van der Waals surface area contributed by atoms with Crippen molar-refractivity contribution in [3.8, 4) is 0 Å². The molecule has 1 aromatic rings. The maximum absolute atomic E-state index is 5.75. The van der Waals surface area contributed by atoms with Crippen molar-refractivity contribution in [1.29, 1.82) is 0 Å². The molecule has 1 aliphatic heterocycles. The van der Waals surface area contributed by atoms with Crippen molar-refractivity contribution >= 4 is 5.69 Å². The molecular weight excluding hydrogens is 236 g/mol. The summed E-state index contributed by atoms with van der Waals surface area (Å²) in [6.07, 6.45) is 4.12. The Bertz CT molecular complexity index is 369. The molecule has 0 bridgehead atoms. The normalized spacial score (nSPS) is 21.1. The molecule has 2 unspecified atom stereocenters. The van der Waals surface area contributed by atoms with Gasteiger partial charge in [-0.1, -0.05) is 12.1 Å². The van der Waals surface area contributed by atoms with Gasteiger partial charge in [-0.05, 0) is 43.9 Å². The van der Waals surface area contributed by atoms with Crippen LogP contribution in [0.3, 0.4) is 0 Å². The molecule has 1 heterocycles. The summed E-state index contributed by atoms with van der Waals surface area (Å²) in [4.78, 5) is 2.12. The minimum absolute atomic E-state index is 0.377. The third-order valence-corrected chi connectivity index (χ3v) is 3.84. The molecule has 106 valence electrons. The maximum atomic E-state index is 5.75. The highest BCUT2D eigenvalue weighted by molar-refractivity contribution is 5.46. The molecule has 19 heavy (non-hydrogen) atoms. The van der Waals surface area contributed by atoms with Crippen LogP contribution in [0.4, 0.5) is 5.69 Å². The van der Waals surface area contributed by atoms with Crippen LogP contribution in [0.1, 0.15) is 37.8 Å². The van der Waals surface area contributed by atoms with E-state index in [1.54, 1.807) is 0 Å². The van der Waals surface area contributed by atoms with Crippen molar-refractivity contribution in [2.45, 2.75) is 38.3 Å². The van der Waals surface area contributed by atoms with Crippen molar-refractivity contribution < 1.29 is 4.74 Å². The zero-order valence-electron chi connectivity index (χ0n) is 12.4. The maximum Gasteiger partial charge on any atom is 0.0699 e. The Hall–Kier alpha value is -1.06. The molecule has 3 heteroatoms. The van der Waals surface area contributed by atoms with Crippen molar-refractivity contribution in [3.05, 3.63) is 29.8 Å². The second-order valence-electron chi connectivity index (χ2n) is 5.60. The minimum atomic E-state index is 0.377. The first-order chi connectivity index (χ1) is 9.16. The van der Waals surface area contributed by atoms with Crippen molar-refractivity contribution in [2.75, 3.05) is 32.1 Å². The Kier molecular flexibility index (Phi) is 5.23. The molecule has 2 rings (SSSR count). The molecule has 3 nitrogen and oxygen atoms in total. The fourth-order valence-corrected chi connectivity index (χ4v) is 2.46. The van der Waals surface area contributed by atoms with Gasteiger partial charge in [-0.2, -0.15) is 0 Å². The smallest absolute Gasteiger partial charge is 0.0699 e. The molecule has 0 spiro atoms. The van der Waals surface area contributed by atoms with Gasteiger partial charge in [0.2, 0.25) is 0 Å². The van der Waals surface area contributed by atoms with E-state index in [0.717, 1.165) is 13.2 Å². The largest absolute Gasteiger partial charge is 0.378 e. The van der Waals surface area contributed by atoms with E-state index in [-0.39, 0.29) is 0 Å². The van der Waals surface area contributed by atoms with Gasteiger partial charge < -0.3 is 15.0 Å². The number of rotatable bonds is 5. The number of hydrogen-bond donors (Lipinski definition) is 1. The number of benzene rings is 1. The molecule has 1 N–H and O–H groups in total. The third-order valence-electron chi connectivity index (χ3n) is 3.84. The topological polar surface area (TPSA) is 24.5 Å². The number of nitrogens with one attached hydrogen (secondary N) is 1. The summed E-state index contributed by atoms with van der Waals surface area (Å²) in [6.45, 7) is 4.10. The van der Waals surface area contributed by atoms with Crippen molar-refractivity contribution in [3.63, 3.8) is 0 Å². The number of ether oxygens (including phenoxy) is 1. The van der Waals surface area contributed by atoms with E-state index in [1.165, 1.54) is 30.5 Å². The molecule has 1 fully saturated rings. The van der Waals surface area contributed by atoms with E-state index >= 15 is 0 Å². The Balaban J connectivity index is 1.83. The van der Waals surface area contributed by atoms with Crippen LogP contribution < -0.4 is 10.2 Å². The molecule has 1 saturated heterocycles. The van der Waals surface area contributed by atoms with Crippen LogP contribution in [0.25, 0.3) is 0 Å². The van der Waals surface area contributed by atoms with Gasteiger partial charge in [-0.15, -0.1) is 0 Å².